The summed E-state index contributed by atoms with van der Waals surface area (Å²) in [5.74, 6) is -0.369. The smallest absolute Gasteiger partial charge is 0.410 e. The van der Waals surface area contributed by atoms with E-state index in [4.69, 9.17) is 14.7 Å². The number of aromatic nitrogens is 5. The quantitative estimate of drug-likeness (QED) is 0.275. The highest BCUT2D eigenvalue weighted by Crippen LogP contribution is 2.38. The fraction of sp³-hybridized carbons (Fsp3) is 0.323. The summed E-state index contributed by atoms with van der Waals surface area (Å²) in [6.45, 7) is 7.48. The molecule has 41 heavy (non-hydrogen) atoms. The Bertz CT molecular complexity index is 1840. The van der Waals surface area contributed by atoms with Gasteiger partial charge in [0.2, 0.25) is 0 Å². The summed E-state index contributed by atoms with van der Waals surface area (Å²) in [6, 6.07) is 12.5. The molecule has 1 fully saturated rings. The minimum absolute atomic E-state index is 0.0199. The van der Waals surface area contributed by atoms with Crippen LogP contribution in [0, 0.1) is 23.1 Å². The van der Waals surface area contributed by atoms with Crippen molar-refractivity contribution in [3.63, 3.8) is 0 Å². The van der Waals surface area contributed by atoms with Crippen LogP contribution in [0.15, 0.2) is 55.1 Å². The lowest BCUT2D eigenvalue weighted by molar-refractivity contribution is 0.0287. The Hall–Kier alpha value is -4.78. The first-order valence-electron chi connectivity index (χ1n) is 13.5. The molecule has 2 aromatic carbocycles. The molecule has 0 aliphatic carbocycles. The monoisotopic (exact) mass is 551 g/mol. The number of likely N-dealkylation sites (tertiary alicyclic amines) is 1. The Balaban J connectivity index is 1.39. The third-order valence-corrected chi connectivity index (χ3v) is 7.46. The topological polar surface area (TPSA) is 102 Å². The van der Waals surface area contributed by atoms with Crippen molar-refractivity contribution in [2.45, 2.75) is 39.3 Å². The van der Waals surface area contributed by atoms with E-state index in [2.05, 4.69) is 5.10 Å². The van der Waals surface area contributed by atoms with E-state index in [-0.39, 0.29) is 17.6 Å². The maximum absolute atomic E-state index is 14.8. The van der Waals surface area contributed by atoms with Crippen molar-refractivity contribution in [2.24, 2.45) is 13.0 Å². The van der Waals surface area contributed by atoms with E-state index in [1.807, 2.05) is 56.7 Å². The van der Waals surface area contributed by atoms with E-state index in [0.717, 1.165) is 28.4 Å². The Kier molecular flexibility index (Phi) is 6.45. The molecule has 9 nitrogen and oxygen atoms in total. The molecule has 5 aromatic rings. The highest BCUT2D eigenvalue weighted by molar-refractivity contribution is 6.00. The van der Waals surface area contributed by atoms with Crippen molar-refractivity contribution in [1.29, 1.82) is 5.26 Å². The lowest BCUT2D eigenvalue weighted by Crippen LogP contribution is -2.35. The Labute approximate surface area is 236 Å². The molecule has 1 aliphatic rings. The van der Waals surface area contributed by atoms with Crippen LogP contribution >= 0.6 is 0 Å². The number of hydrogen-bond donors (Lipinski definition) is 0. The lowest BCUT2D eigenvalue weighted by atomic mass is 9.96. The largest absolute Gasteiger partial charge is 0.444 e. The fourth-order valence-corrected chi connectivity index (χ4v) is 5.48. The molecule has 1 amide bonds. The highest BCUT2D eigenvalue weighted by Gasteiger charge is 2.30. The van der Waals surface area contributed by atoms with Gasteiger partial charge in [0.1, 0.15) is 23.0 Å². The molecule has 3 aromatic heterocycles. The maximum atomic E-state index is 14.8. The molecule has 0 bridgehead atoms. The summed E-state index contributed by atoms with van der Waals surface area (Å²) < 4.78 is 24.2. The molecular formula is C31H30FN7O2. The molecule has 10 heteroatoms. The summed E-state index contributed by atoms with van der Waals surface area (Å²) >= 11 is 0. The first-order valence-corrected chi connectivity index (χ1v) is 13.5. The molecule has 4 heterocycles. The molecule has 208 valence electrons. The van der Waals surface area contributed by atoms with Gasteiger partial charge in [-0.3, -0.25) is 9.67 Å². The number of benzene rings is 2. The van der Waals surface area contributed by atoms with Crippen molar-refractivity contribution in [3.05, 3.63) is 66.5 Å². The van der Waals surface area contributed by atoms with Crippen LogP contribution in [0.1, 0.15) is 32.8 Å². The number of rotatable bonds is 4. The van der Waals surface area contributed by atoms with Gasteiger partial charge in [-0.15, -0.1) is 0 Å². The van der Waals surface area contributed by atoms with Gasteiger partial charge in [-0.2, -0.15) is 10.4 Å². The molecule has 0 saturated carbocycles. The van der Waals surface area contributed by atoms with Crippen molar-refractivity contribution in [3.8, 4) is 28.5 Å². The molecule has 0 radical (unpaired) electrons. The van der Waals surface area contributed by atoms with Crippen LogP contribution in [0.3, 0.4) is 0 Å². The Morgan fingerprint density at radius 1 is 1.12 bits per heavy atom. The Morgan fingerprint density at radius 2 is 1.93 bits per heavy atom. The van der Waals surface area contributed by atoms with Crippen molar-refractivity contribution in [1.82, 2.24) is 29.2 Å². The predicted molar refractivity (Wildman–Crippen MR) is 153 cm³/mol. The molecule has 0 N–H and O–H groups in total. The molecule has 0 spiro atoms. The van der Waals surface area contributed by atoms with Crippen molar-refractivity contribution < 1.29 is 13.9 Å². The second kappa shape index (κ2) is 10.0. The Morgan fingerprint density at radius 3 is 2.68 bits per heavy atom. The number of nitrogens with zero attached hydrogens (tertiary/aromatic N) is 7. The van der Waals surface area contributed by atoms with E-state index in [1.54, 1.807) is 34.4 Å². The zero-order valence-corrected chi connectivity index (χ0v) is 23.4. The van der Waals surface area contributed by atoms with E-state index >= 15 is 0 Å². The average molecular weight is 552 g/mol. The standard InChI is InChI=1S/C31H30FN7O2/c1-31(2,3)41-30(40)38-10-9-19(16-38)17-39-18-35-29-26(39)15-34-28(21-7-8-25-23(11-21)14-36-37(25)4)27(29)20-5-6-22(13-33)24(32)12-20/h5-8,11-12,14-15,18-19H,9-10,16-17H2,1-4H3/t19-/m1/s1. The van der Waals surface area contributed by atoms with Gasteiger partial charge in [0.25, 0.3) is 0 Å². The maximum Gasteiger partial charge on any atom is 0.410 e. The van der Waals surface area contributed by atoms with E-state index < -0.39 is 11.4 Å². The van der Waals surface area contributed by atoms with Crippen LogP contribution in [0.2, 0.25) is 0 Å². The minimum Gasteiger partial charge on any atom is -0.444 e. The molecule has 1 aliphatic heterocycles. The SMILES string of the molecule is Cn1ncc2cc(-c3ncc4c(ncn4C[C@@H]4CCN(C(=O)OC(C)(C)C)C4)c3-c3ccc(C#N)c(F)c3)ccc21. The summed E-state index contributed by atoms with van der Waals surface area (Å²) in [4.78, 5) is 24.0. The van der Waals surface area contributed by atoms with Gasteiger partial charge in [-0.25, -0.2) is 14.2 Å². The van der Waals surface area contributed by atoms with Crippen LogP contribution in [0.25, 0.3) is 44.3 Å². The number of halogens is 1. The van der Waals surface area contributed by atoms with Crippen LogP contribution in [0.5, 0.6) is 0 Å². The van der Waals surface area contributed by atoms with Crippen molar-refractivity contribution >= 4 is 28.0 Å². The average Bonchev–Trinajstić information content (AvgIpc) is 3.66. The van der Waals surface area contributed by atoms with E-state index in [1.165, 1.54) is 12.1 Å². The number of fused-ring (bicyclic) bond motifs is 2. The number of pyridine rings is 1. The summed E-state index contributed by atoms with van der Waals surface area (Å²) in [5, 5.41) is 14.6. The van der Waals surface area contributed by atoms with Crippen LogP contribution in [-0.4, -0.2) is 54.0 Å². The number of carbonyl (C=O) groups excluding carboxylic acids is 1. The van der Waals surface area contributed by atoms with Gasteiger partial charge in [0.05, 0.1) is 41.0 Å². The third kappa shape index (κ3) is 4.99. The number of amides is 1. The minimum atomic E-state index is -0.594. The number of carbonyl (C=O) groups is 1. The summed E-state index contributed by atoms with van der Waals surface area (Å²) in [5.41, 5.74) is 4.72. The number of imidazole rings is 1. The van der Waals surface area contributed by atoms with Gasteiger partial charge in [-0.1, -0.05) is 12.1 Å². The highest BCUT2D eigenvalue weighted by atomic mass is 19.1. The normalized spacial score (nSPS) is 15.5. The van der Waals surface area contributed by atoms with Gasteiger partial charge in [0, 0.05) is 43.2 Å². The zero-order valence-electron chi connectivity index (χ0n) is 23.4. The second-order valence-electron chi connectivity index (χ2n) is 11.5. The zero-order chi connectivity index (χ0) is 28.9. The molecule has 6 rings (SSSR count). The number of hydrogen-bond acceptors (Lipinski definition) is 6. The molecular weight excluding hydrogens is 521 g/mol. The molecule has 0 unspecified atom stereocenters. The number of nitriles is 1. The molecule has 1 atom stereocenters. The van der Waals surface area contributed by atoms with E-state index in [9.17, 15) is 14.4 Å². The predicted octanol–water partition coefficient (Wildman–Crippen LogP) is 5.92. The fourth-order valence-electron chi connectivity index (χ4n) is 5.48. The number of aryl methyl sites for hydroxylation is 1. The van der Waals surface area contributed by atoms with Crippen LogP contribution < -0.4 is 0 Å². The lowest BCUT2D eigenvalue weighted by Gasteiger charge is -2.24. The molecule has 1 saturated heterocycles. The van der Waals surface area contributed by atoms with Crippen LogP contribution in [0.4, 0.5) is 9.18 Å². The first-order chi connectivity index (χ1) is 19.6. The van der Waals surface area contributed by atoms with Gasteiger partial charge in [-0.05, 0) is 62.9 Å². The first kappa shape index (κ1) is 26.4. The number of ether oxygens (including phenoxy) is 1. The van der Waals surface area contributed by atoms with E-state index in [0.29, 0.717) is 42.0 Å². The van der Waals surface area contributed by atoms with Gasteiger partial charge in [0.15, 0.2) is 0 Å². The summed E-state index contributed by atoms with van der Waals surface area (Å²) in [6.07, 6.45) is 5.94. The summed E-state index contributed by atoms with van der Waals surface area (Å²) in [7, 11) is 1.89. The van der Waals surface area contributed by atoms with Crippen LogP contribution in [-0.2, 0) is 18.3 Å². The second-order valence-corrected chi connectivity index (χ2v) is 11.5. The van der Waals surface area contributed by atoms with Gasteiger partial charge < -0.3 is 14.2 Å². The van der Waals surface area contributed by atoms with Gasteiger partial charge >= 0.3 is 6.09 Å². The van der Waals surface area contributed by atoms with Crippen molar-refractivity contribution in [2.75, 3.05) is 13.1 Å². The third-order valence-electron chi connectivity index (χ3n) is 7.46.